The lowest BCUT2D eigenvalue weighted by Crippen LogP contribution is -2.26. The number of aryl methyl sites for hydroxylation is 1. The molecule has 3 rings (SSSR count). The van der Waals surface area contributed by atoms with Gasteiger partial charge in [-0.05, 0) is 54.4 Å². The number of hydrazone groups is 1. The van der Waals surface area contributed by atoms with Crippen LogP contribution in [0.4, 0.5) is 0 Å². The number of carbonyl (C=O) groups is 2. The zero-order valence-corrected chi connectivity index (χ0v) is 18.9. The van der Waals surface area contributed by atoms with E-state index < -0.39 is 21.9 Å². The van der Waals surface area contributed by atoms with E-state index >= 15 is 0 Å². The second-order valence-electron chi connectivity index (χ2n) is 7.40. The summed E-state index contributed by atoms with van der Waals surface area (Å²) >= 11 is 0. The SMILES string of the molecule is Cc1ccc(S(=O)(=O)N(C)Cc2ccc(C(=O)NN=Cc3ccc(C(=O)O)cc3)cc2)cc1. The first kappa shape index (κ1) is 23.8. The lowest BCUT2D eigenvalue weighted by molar-refractivity contribution is 0.0696. The average molecular weight is 466 g/mol. The van der Waals surface area contributed by atoms with E-state index in [4.69, 9.17) is 5.11 Å². The molecule has 0 saturated carbocycles. The molecule has 0 radical (unpaired) electrons. The maximum absolute atomic E-state index is 12.7. The summed E-state index contributed by atoms with van der Waals surface area (Å²) in [6.07, 6.45) is 1.41. The quantitative estimate of drug-likeness (QED) is 0.391. The predicted octanol–water partition coefficient (Wildman–Crippen LogP) is 3.28. The van der Waals surface area contributed by atoms with Crippen molar-refractivity contribution in [2.24, 2.45) is 5.10 Å². The highest BCUT2D eigenvalue weighted by molar-refractivity contribution is 7.89. The molecule has 0 spiro atoms. The molecule has 8 nitrogen and oxygen atoms in total. The highest BCUT2D eigenvalue weighted by atomic mass is 32.2. The molecule has 1 amide bonds. The lowest BCUT2D eigenvalue weighted by Gasteiger charge is -2.17. The number of hydrogen-bond donors (Lipinski definition) is 2. The van der Waals surface area contributed by atoms with Gasteiger partial charge in [0.15, 0.2) is 0 Å². The summed E-state index contributed by atoms with van der Waals surface area (Å²) in [5.41, 5.74) is 5.27. The van der Waals surface area contributed by atoms with Gasteiger partial charge in [-0.25, -0.2) is 18.6 Å². The molecule has 0 bridgehead atoms. The van der Waals surface area contributed by atoms with Crippen molar-refractivity contribution in [1.29, 1.82) is 0 Å². The molecule has 0 aromatic heterocycles. The van der Waals surface area contributed by atoms with Gasteiger partial charge < -0.3 is 5.11 Å². The van der Waals surface area contributed by atoms with Crippen LogP contribution in [-0.4, -0.2) is 43.0 Å². The Bertz CT molecular complexity index is 1270. The maximum atomic E-state index is 12.7. The molecule has 9 heteroatoms. The van der Waals surface area contributed by atoms with Crippen molar-refractivity contribution in [3.63, 3.8) is 0 Å². The van der Waals surface area contributed by atoms with Gasteiger partial charge in [-0.15, -0.1) is 0 Å². The zero-order chi connectivity index (χ0) is 24.0. The van der Waals surface area contributed by atoms with Crippen molar-refractivity contribution in [1.82, 2.24) is 9.73 Å². The van der Waals surface area contributed by atoms with Crippen molar-refractivity contribution in [2.45, 2.75) is 18.4 Å². The van der Waals surface area contributed by atoms with Crippen LogP contribution in [0.2, 0.25) is 0 Å². The standard InChI is InChI=1S/C24H23N3O5S/c1-17-3-13-22(14-4-17)33(31,32)27(2)16-19-7-9-20(10-8-19)23(28)26-25-15-18-5-11-21(12-6-18)24(29)30/h3-15H,16H2,1-2H3,(H,26,28)(H,29,30). The molecule has 0 aliphatic carbocycles. The van der Waals surface area contributed by atoms with Crippen LogP contribution >= 0.6 is 0 Å². The molecule has 33 heavy (non-hydrogen) atoms. The van der Waals surface area contributed by atoms with Crippen molar-refractivity contribution in [3.8, 4) is 0 Å². The first-order chi connectivity index (χ1) is 15.7. The number of amides is 1. The van der Waals surface area contributed by atoms with E-state index in [1.165, 1.54) is 29.7 Å². The van der Waals surface area contributed by atoms with Gasteiger partial charge in [0.1, 0.15) is 0 Å². The number of carbonyl (C=O) groups excluding carboxylic acids is 1. The summed E-state index contributed by atoms with van der Waals surface area (Å²) in [4.78, 5) is 23.4. The maximum Gasteiger partial charge on any atom is 0.335 e. The Morgan fingerprint density at radius 1 is 0.939 bits per heavy atom. The normalized spacial score (nSPS) is 11.6. The van der Waals surface area contributed by atoms with Crippen LogP contribution in [0, 0.1) is 6.92 Å². The predicted molar refractivity (Wildman–Crippen MR) is 125 cm³/mol. The molecular weight excluding hydrogens is 442 g/mol. The van der Waals surface area contributed by atoms with Gasteiger partial charge in [-0.3, -0.25) is 4.79 Å². The summed E-state index contributed by atoms with van der Waals surface area (Å²) in [6.45, 7) is 2.05. The Morgan fingerprint density at radius 2 is 1.52 bits per heavy atom. The Morgan fingerprint density at radius 3 is 2.09 bits per heavy atom. The molecule has 0 fully saturated rings. The first-order valence-electron chi connectivity index (χ1n) is 9.95. The number of carboxylic acid groups (broad SMARTS) is 1. The number of sulfonamides is 1. The van der Waals surface area contributed by atoms with Crippen LogP contribution in [0.1, 0.15) is 37.4 Å². The smallest absolute Gasteiger partial charge is 0.335 e. The Kier molecular flexibility index (Phi) is 7.37. The van der Waals surface area contributed by atoms with E-state index in [-0.39, 0.29) is 17.0 Å². The van der Waals surface area contributed by atoms with E-state index in [0.29, 0.717) is 11.1 Å². The van der Waals surface area contributed by atoms with Gasteiger partial charge in [0.25, 0.3) is 5.91 Å². The fraction of sp³-hybridized carbons (Fsp3) is 0.125. The topological polar surface area (TPSA) is 116 Å². The molecule has 0 saturated heterocycles. The minimum Gasteiger partial charge on any atom is -0.478 e. The molecular formula is C24H23N3O5S. The molecule has 0 heterocycles. The van der Waals surface area contributed by atoms with Gasteiger partial charge in [0, 0.05) is 19.2 Å². The van der Waals surface area contributed by atoms with Crippen LogP contribution in [-0.2, 0) is 16.6 Å². The fourth-order valence-electron chi connectivity index (χ4n) is 2.94. The Labute approximate surface area is 192 Å². The van der Waals surface area contributed by atoms with Crippen LogP contribution in [0.25, 0.3) is 0 Å². The van der Waals surface area contributed by atoms with Crippen molar-refractivity contribution in [2.75, 3.05) is 7.05 Å². The van der Waals surface area contributed by atoms with Crippen molar-refractivity contribution in [3.05, 3.63) is 101 Å². The third-order valence-electron chi connectivity index (χ3n) is 4.89. The van der Waals surface area contributed by atoms with Gasteiger partial charge >= 0.3 is 5.97 Å². The Balaban J connectivity index is 1.59. The summed E-state index contributed by atoms with van der Waals surface area (Å²) in [7, 11) is -2.12. The minimum absolute atomic E-state index is 0.155. The highest BCUT2D eigenvalue weighted by Gasteiger charge is 2.20. The summed E-state index contributed by atoms with van der Waals surface area (Å²) in [5.74, 6) is -1.45. The molecule has 170 valence electrons. The van der Waals surface area contributed by atoms with Gasteiger partial charge in [-0.2, -0.15) is 9.41 Å². The molecule has 0 aliphatic rings. The number of benzene rings is 3. The highest BCUT2D eigenvalue weighted by Crippen LogP contribution is 2.17. The molecule has 3 aromatic rings. The minimum atomic E-state index is -3.62. The largest absolute Gasteiger partial charge is 0.478 e. The number of rotatable bonds is 8. The molecule has 2 N–H and O–H groups in total. The summed E-state index contributed by atoms with van der Waals surface area (Å²) in [6, 6.07) is 19.3. The van der Waals surface area contributed by atoms with E-state index in [2.05, 4.69) is 10.5 Å². The number of carboxylic acids is 1. The van der Waals surface area contributed by atoms with Gasteiger partial charge in [0.05, 0.1) is 16.7 Å². The molecule has 0 unspecified atom stereocenters. The van der Waals surface area contributed by atoms with Crippen LogP contribution in [0.15, 0.2) is 82.8 Å². The number of nitrogens with zero attached hydrogens (tertiary/aromatic N) is 2. The van der Waals surface area contributed by atoms with Gasteiger partial charge in [-0.1, -0.05) is 42.0 Å². The summed E-state index contributed by atoms with van der Waals surface area (Å²) < 4.78 is 26.7. The average Bonchev–Trinajstić information content (AvgIpc) is 2.80. The van der Waals surface area contributed by atoms with Crippen LogP contribution < -0.4 is 5.43 Å². The molecule has 0 aliphatic heterocycles. The van der Waals surface area contributed by atoms with Crippen molar-refractivity contribution < 1.29 is 23.1 Å². The second kappa shape index (κ2) is 10.2. The third kappa shape index (κ3) is 6.12. The van der Waals surface area contributed by atoms with Crippen molar-refractivity contribution >= 4 is 28.1 Å². The van der Waals surface area contributed by atoms with Crippen LogP contribution in [0.5, 0.6) is 0 Å². The number of hydrogen-bond acceptors (Lipinski definition) is 5. The first-order valence-corrected chi connectivity index (χ1v) is 11.4. The van der Waals surface area contributed by atoms with Crippen LogP contribution in [0.3, 0.4) is 0 Å². The monoisotopic (exact) mass is 465 g/mol. The number of nitrogens with one attached hydrogen (secondary N) is 1. The van der Waals surface area contributed by atoms with Gasteiger partial charge in [0.2, 0.25) is 10.0 Å². The third-order valence-corrected chi connectivity index (χ3v) is 6.71. The fourth-order valence-corrected chi connectivity index (χ4v) is 4.09. The van der Waals surface area contributed by atoms with E-state index in [0.717, 1.165) is 11.1 Å². The van der Waals surface area contributed by atoms with E-state index in [9.17, 15) is 18.0 Å². The molecule has 3 aromatic carbocycles. The Hall–Kier alpha value is -3.82. The lowest BCUT2D eigenvalue weighted by atomic mass is 10.1. The summed E-state index contributed by atoms with van der Waals surface area (Å²) in [5, 5.41) is 12.8. The number of aromatic carboxylic acids is 1. The molecule has 0 atom stereocenters. The second-order valence-corrected chi connectivity index (χ2v) is 9.44. The zero-order valence-electron chi connectivity index (χ0n) is 18.1. The van der Waals surface area contributed by atoms with E-state index in [1.54, 1.807) is 60.7 Å². The van der Waals surface area contributed by atoms with E-state index in [1.807, 2.05) is 6.92 Å².